The predicted molar refractivity (Wildman–Crippen MR) is 321 cm³/mol. The Morgan fingerprint density at radius 1 is 0.373 bits per heavy atom. The highest BCUT2D eigenvalue weighted by atomic mass is 15.2. The van der Waals surface area contributed by atoms with E-state index in [9.17, 15) is 0 Å². The first-order valence-electron chi connectivity index (χ1n) is 26.0. The third kappa shape index (κ3) is 6.92. The maximum absolute atomic E-state index is 4.36. The second-order valence-corrected chi connectivity index (χ2v) is 21.0. The molecule has 4 heterocycles. The first-order valence-corrected chi connectivity index (χ1v) is 26.0. The van der Waals surface area contributed by atoms with E-state index in [2.05, 4.69) is 283 Å². The molecule has 0 saturated carbocycles. The van der Waals surface area contributed by atoms with Crippen molar-refractivity contribution >= 4 is 102 Å². The lowest BCUT2D eigenvalue weighted by molar-refractivity contribution is 0.590. The van der Waals surface area contributed by atoms with Crippen LogP contribution in [0.1, 0.15) is 37.6 Å². The van der Waals surface area contributed by atoms with Crippen LogP contribution in [0.4, 0.5) is 34.1 Å². The lowest BCUT2D eigenvalue weighted by Gasteiger charge is -2.45. The summed E-state index contributed by atoms with van der Waals surface area (Å²) in [6.07, 6.45) is 3.94. The van der Waals surface area contributed by atoms with E-state index in [1.165, 1.54) is 77.4 Å². The molecule has 0 atom stereocenters. The molecule has 12 aromatic rings. The van der Waals surface area contributed by atoms with Crippen molar-refractivity contribution in [2.75, 3.05) is 9.80 Å². The molecule has 0 amide bonds. The van der Waals surface area contributed by atoms with Crippen LogP contribution in [0.2, 0.25) is 0 Å². The second-order valence-electron chi connectivity index (χ2n) is 21.0. The Hall–Kier alpha value is -9.32. The highest BCUT2D eigenvalue weighted by Crippen LogP contribution is 2.48. The topological polar surface area (TPSA) is 16.3 Å². The minimum absolute atomic E-state index is 0.104. The highest BCUT2D eigenvalue weighted by Gasteiger charge is 2.44. The summed E-state index contributed by atoms with van der Waals surface area (Å²) in [7, 11) is 0. The zero-order valence-corrected chi connectivity index (χ0v) is 42.4. The van der Waals surface area contributed by atoms with E-state index in [0.29, 0.717) is 0 Å². The maximum atomic E-state index is 4.36. The number of hydrogen-bond acceptors (Lipinski definition) is 2. The molecule has 5 heteroatoms. The smallest absolute Gasteiger partial charge is 0.252 e. The Morgan fingerprint density at radius 2 is 0.840 bits per heavy atom. The molecule has 4 nitrogen and oxygen atoms in total. The van der Waals surface area contributed by atoms with Crippen molar-refractivity contribution in [3.63, 3.8) is 0 Å². The number of para-hydroxylation sites is 3. The van der Waals surface area contributed by atoms with Crippen LogP contribution in [0.3, 0.4) is 0 Å². The van der Waals surface area contributed by atoms with Crippen LogP contribution in [-0.2, 0) is 5.41 Å². The Labute approximate surface area is 439 Å². The average Bonchev–Trinajstić information content (AvgIpc) is 4.05. The molecule has 75 heavy (non-hydrogen) atoms. The molecule has 2 aliphatic heterocycles. The van der Waals surface area contributed by atoms with Crippen LogP contribution in [0, 0.1) is 0 Å². The Bertz CT molecular complexity index is 4220. The van der Waals surface area contributed by atoms with Gasteiger partial charge in [-0.25, -0.2) is 0 Å². The Morgan fingerprint density at radius 3 is 1.40 bits per heavy atom. The van der Waals surface area contributed by atoms with Crippen LogP contribution >= 0.6 is 0 Å². The fraction of sp³-hybridized carbons (Fsp3) is 0.0571. The van der Waals surface area contributed by atoms with Crippen molar-refractivity contribution in [2.24, 2.45) is 0 Å². The average molecular weight is 961 g/mol. The maximum Gasteiger partial charge on any atom is 0.252 e. The number of rotatable bonds is 8. The summed E-state index contributed by atoms with van der Waals surface area (Å²) in [5, 5.41) is 3.63. The molecule has 0 aliphatic carbocycles. The van der Waals surface area contributed by atoms with Gasteiger partial charge in [-0.3, -0.25) is 0 Å². The van der Waals surface area contributed by atoms with E-state index < -0.39 is 0 Å². The molecule has 0 radical (unpaired) electrons. The largest absolute Gasteiger partial charge is 0.311 e. The lowest BCUT2D eigenvalue weighted by Crippen LogP contribution is -2.61. The van der Waals surface area contributed by atoms with Gasteiger partial charge in [0.2, 0.25) is 0 Å². The van der Waals surface area contributed by atoms with Gasteiger partial charge < -0.3 is 18.9 Å². The molecule has 356 valence electrons. The minimum Gasteiger partial charge on any atom is -0.311 e. The van der Waals surface area contributed by atoms with Gasteiger partial charge in [0.15, 0.2) is 0 Å². The van der Waals surface area contributed by atoms with E-state index in [4.69, 9.17) is 0 Å². The summed E-state index contributed by atoms with van der Waals surface area (Å²) in [6.45, 7) is 15.6. The van der Waals surface area contributed by atoms with Crippen LogP contribution < -0.4 is 26.2 Å². The summed E-state index contributed by atoms with van der Waals surface area (Å²) < 4.78 is 4.81. The second kappa shape index (κ2) is 17.1. The van der Waals surface area contributed by atoms with Gasteiger partial charge in [0.05, 0.1) is 22.2 Å². The van der Waals surface area contributed by atoms with E-state index >= 15 is 0 Å². The van der Waals surface area contributed by atoms with Crippen molar-refractivity contribution in [1.29, 1.82) is 0 Å². The van der Waals surface area contributed by atoms with Crippen molar-refractivity contribution in [3.8, 4) is 33.6 Å². The minimum atomic E-state index is -0.196. The number of nitrogens with zero attached hydrogens (tertiary/aromatic N) is 4. The van der Waals surface area contributed by atoms with Crippen molar-refractivity contribution in [3.05, 3.63) is 261 Å². The molecular weight excluding hydrogens is 908 g/mol. The third-order valence-corrected chi connectivity index (χ3v) is 15.8. The number of anilines is 6. The SMILES string of the molecule is C=Cc1c(C=C)n(-c2ccc3c(c2)N(c2ccc(-c4ccccc4)cc2)c2cc(C(C)(C)C)cc4c2B3c2ccc(-n3c5ccccc5c5ccccc53)cc2N4c2cccc(-c3ccccc3)c2)c2ccccc12. The quantitative estimate of drug-likeness (QED) is 0.141. The van der Waals surface area contributed by atoms with Gasteiger partial charge in [-0.15, -0.1) is 0 Å². The monoisotopic (exact) mass is 960 g/mol. The van der Waals surface area contributed by atoms with Gasteiger partial charge in [0.1, 0.15) is 0 Å². The lowest BCUT2D eigenvalue weighted by atomic mass is 9.33. The van der Waals surface area contributed by atoms with Crippen molar-refractivity contribution in [2.45, 2.75) is 26.2 Å². The van der Waals surface area contributed by atoms with Crippen LogP contribution in [-0.4, -0.2) is 15.8 Å². The summed E-state index contributed by atoms with van der Waals surface area (Å²) in [6, 6.07) is 85.3. The van der Waals surface area contributed by atoms with Gasteiger partial charge in [-0.1, -0.05) is 192 Å². The van der Waals surface area contributed by atoms with E-state index in [-0.39, 0.29) is 12.1 Å². The Balaban J connectivity index is 1.08. The van der Waals surface area contributed by atoms with Crippen LogP contribution in [0.5, 0.6) is 0 Å². The third-order valence-electron chi connectivity index (χ3n) is 15.8. The molecule has 10 aromatic carbocycles. The number of aromatic nitrogens is 2. The first-order chi connectivity index (χ1) is 36.8. The molecule has 2 aliphatic rings. The zero-order chi connectivity index (χ0) is 50.5. The molecule has 0 fully saturated rings. The summed E-state index contributed by atoms with van der Waals surface area (Å²) >= 11 is 0. The van der Waals surface area contributed by atoms with E-state index in [1.54, 1.807) is 0 Å². The summed E-state index contributed by atoms with van der Waals surface area (Å²) in [4.78, 5) is 5.11. The van der Waals surface area contributed by atoms with E-state index in [1.807, 2.05) is 12.2 Å². The summed E-state index contributed by atoms with van der Waals surface area (Å²) in [5.41, 5.74) is 24.2. The fourth-order valence-electron chi connectivity index (χ4n) is 12.3. The normalized spacial score (nSPS) is 12.8. The molecular formula is C70H53BN4. The number of hydrogen-bond donors (Lipinski definition) is 0. The highest BCUT2D eigenvalue weighted by molar-refractivity contribution is 7.00. The van der Waals surface area contributed by atoms with Gasteiger partial charge >= 0.3 is 0 Å². The van der Waals surface area contributed by atoms with Crippen LogP contribution in [0.15, 0.2) is 244 Å². The molecule has 0 saturated heterocycles. The zero-order valence-electron chi connectivity index (χ0n) is 42.4. The number of benzene rings is 10. The molecule has 0 N–H and O–H groups in total. The summed E-state index contributed by atoms with van der Waals surface area (Å²) in [5.74, 6) is 0. The van der Waals surface area contributed by atoms with Crippen LogP contribution in [0.25, 0.3) is 78.5 Å². The Kier molecular flexibility index (Phi) is 10.2. The molecule has 14 rings (SSSR count). The van der Waals surface area contributed by atoms with Crippen molar-refractivity contribution < 1.29 is 0 Å². The molecule has 0 bridgehead atoms. The molecule has 0 unspecified atom stereocenters. The van der Waals surface area contributed by atoms with Gasteiger partial charge in [-0.05, 0) is 135 Å². The van der Waals surface area contributed by atoms with Gasteiger partial charge in [0, 0.05) is 67.2 Å². The van der Waals surface area contributed by atoms with Gasteiger partial charge in [0.25, 0.3) is 6.71 Å². The standard InChI is InChI=1S/C70H53BN4/c1-6-55-56-27-14-17-30-62(56)73(61(55)7-2)53-37-39-59-65(44-53)72(51-35-33-48(34-36-51)46-21-10-8-11-22-46)67-42-50(70(3,4)5)43-68-69(67)71(59)60-40-38-54(74-63-31-18-15-28-57(63)58-29-16-19-32-64(58)74)45-66(60)75(68)52-26-20-25-49(41-52)47-23-12-9-13-24-47/h6-45H,1-2H2,3-5H3. The predicted octanol–water partition coefficient (Wildman–Crippen LogP) is 16.7. The fourth-order valence-corrected chi connectivity index (χ4v) is 12.3. The first kappa shape index (κ1) is 44.4. The molecule has 2 aromatic heterocycles. The number of fused-ring (bicyclic) bond motifs is 8. The van der Waals surface area contributed by atoms with Crippen molar-refractivity contribution in [1.82, 2.24) is 9.13 Å². The van der Waals surface area contributed by atoms with E-state index in [0.717, 1.165) is 56.3 Å². The molecule has 0 spiro atoms. The van der Waals surface area contributed by atoms with Gasteiger partial charge in [-0.2, -0.15) is 0 Å².